The Balaban J connectivity index is 2.01. The molecule has 0 radical (unpaired) electrons. The van der Waals surface area contributed by atoms with E-state index in [1.54, 1.807) is 24.3 Å². The van der Waals surface area contributed by atoms with Crippen LogP contribution >= 0.6 is 0 Å². The van der Waals surface area contributed by atoms with Gasteiger partial charge in [0.05, 0.1) is 11.8 Å². The first-order valence-electron chi connectivity index (χ1n) is 6.38. The molecule has 108 valence electrons. The van der Waals surface area contributed by atoms with Gasteiger partial charge in [-0.25, -0.2) is 0 Å². The summed E-state index contributed by atoms with van der Waals surface area (Å²) < 4.78 is 0. The van der Waals surface area contributed by atoms with Gasteiger partial charge in [-0.15, -0.1) is 10.2 Å². The van der Waals surface area contributed by atoms with E-state index >= 15 is 0 Å². The van der Waals surface area contributed by atoms with Gasteiger partial charge in [0.15, 0.2) is 5.82 Å². The maximum absolute atomic E-state index is 6.35. The number of aromatic amines is 1. The molecular weight excluding hydrogens is 268 g/mol. The Morgan fingerprint density at radius 3 is 2.67 bits per heavy atom. The third kappa shape index (κ3) is 2.37. The highest BCUT2D eigenvalue weighted by molar-refractivity contribution is 5.76. The number of H-pyrrole nitrogens is 1. The average Bonchev–Trinajstić information content (AvgIpc) is 3.06. The molecule has 1 aromatic heterocycles. The van der Waals surface area contributed by atoms with Gasteiger partial charge in [-0.3, -0.25) is 15.8 Å². The molecule has 8 nitrogen and oxygen atoms in total. The topological polar surface area (TPSA) is 121 Å². The molecule has 1 atom stereocenters. The Hall–Kier alpha value is -2.71. The second-order valence-corrected chi connectivity index (χ2v) is 4.71. The quantitative estimate of drug-likeness (QED) is 0.623. The van der Waals surface area contributed by atoms with E-state index in [0.717, 1.165) is 5.56 Å². The van der Waals surface area contributed by atoms with Crippen molar-refractivity contribution in [3.8, 4) is 0 Å². The van der Waals surface area contributed by atoms with Gasteiger partial charge in [-0.2, -0.15) is 10.5 Å². The van der Waals surface area contributed by atoms with Crippen LogP contribution in [0.3, 0.4) is 0 Å². The molecule has 0 bridgehead atoms. The van der Waals surface area contributed by atoms with Crippen molar-refractivity contribution in [3.05, 3.63) is 54.0 Å². The van der Waals surface area contributed by atoms with Crippen LogP contribution in [-0.4, -0.2) is 28.0 Å². The van der Waals surface area contributed by atoms with E-state index in [-0.39, 0.29) is 0 Å². The molecule has 1 aliphatic heterocycles. The fraction of sp³-hybridized carbons (Fsp3) is 0.154. The fourth-order valence-electron chi connectivity index (χ4n) is 2.22. The number of nitrogens with zero attached hydrogens (tertiary/aromatic N) is 4. The highest BCUT2D eigenvalue weighted by Gasteiger charge is 2.41. The molecule has 6 N–H and O–H groups in total. The minimum absolute atomic E-state index is 0.507. The van der Waals surface area contributed by atoms with E-state index in [2.05, 4.69) is 25.9 Å². The van der Waals surface area contributed by atoms with Crippen molar-refractivity contribution in [3.63, 3.8) is 0 Å². The number of hydrogen-bond donors (Lipinski definition) is 4. The second kappa shape index (κ2) is 5.00. The van der Waals surface area contributed by atoms with Gasteiger partial charge in [0.25, 0.3) is 0 Å². The van der Waals surface area contributed by atoms with Crippen LogP contribution in [0.2, 0.25) is 0 Å². The third-order valence-electron chi connectivity index (χ3n) is 3.20. The summed E-state index contributed by atoms with van der Waals surface area (Å²) in [4.78, 5) is 0. The number of nitrogens with two attached hydrogens (primary N) is 2. The number of azo groups is 1. The monoisotopic (exact) mass is 284 g/mol. The van der Waals surface area contributed by atoms with Crippen LogP contribution in [0.1, 0.15) is 5.56 Å². The SMILES string of the molecule is CN1NC(N)(N=Nc2ccn[nH]2)C(c2ccccc2)=C1N. The van der Waals surface area contributed by atoms with Gasteiger partial charge in [0.2, 0.25) is 5.79 Å². The summed E-state index contributed by atoms with van der Waals surface area (Å²) in [7, 11) is 1.78. The lowest BCUT2D eigenvalue weighted by Crippen LogP contribution is -2.52. The van der Waals surface area contributed by atoms with Crippen LogP contribution in [-0.2, 0) is 0 Å². The summed E-state index contributed by atoms with van der Waals surface area (Å²) >= 11 is 0. The summed E-state index contributed by atoms with van der Waals surface area (Å²) in [5, 5.41) is 16.4. The molecular formula is C13H16N8. The molecule has 0 spiro atoms. The first-order valence-corrected chi connectivity index (χ1v) is 6.38. The highest BCUT2D eigenvalue weighted by atomic mass is 15.6. The molecule has 2 aromatic rings. The molecule has 1 unspecified atom stereocenters. The Kier molecular flexibility index (Phi) is 3.16. The van der Waals surface area contributed by atoms with E-state index in [9.17, 15) is 0 Å². The van der Waals surface area contributed by atoms with Crippen LogP contribution in [0.4, 0.5) is 5.82 Å². The van der Waals surface area contributed by atoms with Gasteiger partial charge in [-0.05, 0) is 5.56 Å². The van der Waals surface area contributed by atoms with Crippen LogP contribution in [0.15, 0.2) is 58.6 Å². The van der Waals surface area contributed by atoms with Crippen molar-refractivity contribution in [2.24, 2.45) is 21.7 Å². The predicted octanol–water partition coefficient (Wildman–Crippen LogP) is 0.883. The first-order chi connectivity index (χ1) is 10.1. The van der Waals surface area contributed by atoms with Crippen molar-refractivity contribution in [2.45, 2.75) is 5.79 Å². The standard InChI is InChI=1S/C13H16N8/c1-21-12(14)11(9-5-3-2-4-6-9)13(15,20-21)19-18-10-7-8-16-17-10/h2-8,20H,14-15H2,1H3,(H,16,17). The number of rotatable bonds is 3. The van der Waals surface area contributed by atoms with E-state index in [4.69, 9.17) is 11.5 Å². The largest absolute Gasteiger partial charge is 0.384 e. The van der Waals surface area contributed by atoms with Crippen molar-refractivity contribution in [1.29, 1.82) is 0 Å². The van der Waals surface area contributed by atoms with E-state index < -0.39 is 5.79 Å². The minimum atomic E-state index is -1.23. The van der Waals surface area contributed by atoms with Gasteiger partial charge in [-0.1, -0.05) is 30.3 Å². The third-order valence-corrected chi connectivity index (χ3v) is 3.20. The average molecular weight is 284 g/mol. The van der Waals surface area contributed by atoms with Crippen LogP contribution in [0.25, 0.3) is 5.57 Å². The fourth-order valence-corrected chi connectivity index (χ4v) is 2.22. The molecule has 2 heterocycles. The van der Waals surface area contributed by atoms with Crippen molar-refractivity contribution in [1.82, 2.24) is 20.6 Å². The van der Waals surface area contributed by atoms with E-state index in [1.165, 1.54) is 0 Å². The van der Waals surface area contributed by atoms with Crippen LogP contribution in [0.5, 0.6) is 0 Å². The lowest BCUT2D eigenvalue weighted by Gasteiger charge is -2.22. The molecule has 0 fully saturated rings. The summed E-state index contributed by atoms with van der Waals surface area (Å²) in [5.74, 6) is -0.208. The maximum Gasteiger partial charge on any atom is 0.229 e. The molecule has 3 rings (SSSR count). The number of hydrogen-bond acceptors (Lipinski definition) is 7. The Labute approximate surface area is 121 Å². The Morgan fingerprint density at radius 2 is 2.00 bits per heavy atom. The number of benzene rings is 1. The zero-order valence-corrected chi connectivity index (χ0v) is 11.5. The predicted molar refractivity (Wildman–Crippen MR) is 78.5 cm³/mol. The van der Waals surface area contributed by atoms with Gasteiger partial charge in [0.1, 0.15) is 5.82 Å². The number of aromatic nitrogens is 2. The molecule has 0 amide bonds. The van der Waals surface area contributed by atoms with Gasteiger partial charge in [0, 0.05) is 13.1 Å². The Morgan fingerprint density at radius 1 is 1.24 bits per heavy atom. The molecule has 0 saturated carbocycles. The molecule has 21 heavy (non-hydrogen) atoms. The van der Waals surface area contributed by atoms with Crippen molar-refractivity contribution >= 4 is 11.4 Å². The molecule has 0 aliphatic carbocycles. The summed E-state index contributed by atoms with van der Waals surface area (Å²) in [6, 6.07) is 11.3. The van der Waals surface area contributed by atoms with Crippen LogP contribution < -0.4 is 16.9 Å². The normalized spacial score (nSPS) is 22.5. The first kappa shape index (κ1) is 13.3. The highest BCUT2D eigenvalue weighted by Crippen LogP contribution is 2.33. The van der Waals surface area contributed by atoms with Crippen LogP contribution in [0, 0.1) is 0 Å². The number of nitrogens with one attached hydrogen (secondary N) is 2. The lowest BCUT2D eigenvalue weighted by atomic mass is 10.0. The molecule has 8 heteroatoms. The summed E-state index contributed by atoms with van der Waals surface area (Å²) in [6.45, 7) is 0. The second-order valence-electron chi connectivity index (χ2n) is 4.71. The van der Waals surface area contributed by atoms with Gasteiger partial charge >= 0.3 is 0 Å². The summed E-state index contributed by atoms with van der Waals surface area (Å²) in [5.41, 5.74) is 17.0. The number of hydrazine groups is 1. The lowest BCUT2D eigenvalue weighted by molar-refractivity contribution is 0.245. The summed E-state index contributed by atoms with van der Waals surface area (Å²) in [6.07, 6.45) is 1.59. The molecule has 0 saturated heterocycles. The van der Waals surface area contributed by atoms with E-state index in [0.29, 0.717) is 17.2 Å². The smallest absolute Gasteiger partial charge is 0.229 e. The zero-order valence-electron chi connectivity index (χ0n) is 11.5. The van der Waals surface area contributed by atoms with Crippen molar-refractivity contribution < 1.29 is 0 Å². The minimum Gasteiger partial charge on any atom is -0.384 e. The Bertz CT molecular complexity index is 675. The van der Waals surface area contributed by atoms with Gasteiger partial charge < -0.3 is 5.73 Å². The van der Waals surface area contributed by atoms with E-state index in [1.807, 2.05) is 30.3 Å². The molecule has 1 aromatic carbocycles. The zero-order chi connectivity index (χ0) is 14.9. The van der Waals surface area contributed by atoms with Crippen molar-refractivity contribution in [2.75, 3.05) is 7.05 Å². The maximum atomic E-state index is 6.35. The molecule has 1 aliphatic rings.